The molecule has 0 heterocycles. The second-order valence-corrected chi connectivity index (χ2v) is 9.14. The molecule has 0 N–H and O–H groups in total. The van der Waals surface area contributed by atoms with Gasteiger partial charge in [0.1, 0.15) is 5.78 Å². The predicted molar refractivity (Wildman–Crippen MR) is 94.4 cm³/mol. The highest BCUT2D eigenvalue weighted by atomic mass is 16.5. The van der Waals surface area contributed by atoms with Crippen LogP contribution in [0.3, 0.4) is 0 Å². The molecule has 0 aromatic heterocycles. The van der Waals surface area contributed by atoms with Gasteiger partial charge in [-0.1, -0.05) is 25.0 Å². The zero-order valence-corrected chi connectivity index (χ0v) is 15.9. The smallest absolute Gasteiger partial charge is 0.311 e. The van der Waals surface area contributed by atoms with Crippen LogP contribution in [0.15, 0.2) is 11.6 Å². The molecule has 134 valence electrons. The Morgan fingerprint density at radius 3 is 2.46 bits per heavy atom. The summed E-state index contributed by atoms with van der Waals surface area (Å²) in [6.07, 6.45) is 9.58. The quantitative estimate of drug-likeness (QED) is 0.544. The third-order valence-corrected chi connectivity index (χ3v) is 7.85. The number of methoxy groups -OCH3 is 1. The fourth-order valence-electron chi connectivity index (χ4n) is 6.26. The molecular formula is C21H32O3. The number of allylic oxidation sites excluding steroid dienone is 2. The molecule has 0 aromatic rings. The summed E-state index contributed by atoms with van der Waals surface area (Å²) in [6.45, 7) is 8.33. The van der Waals surface area contributed by atoms with Crippen molar-refractivity contribution in [3.63, 3.8) is 0 Å². The maximum absolute atomic E-state index is 12.6. The van der Waals surface area contributed by atoms with Gasteiger partial charge in [0.05, 0.1) is 12.5 Å². The number of fused-ring (bicyclic) bond motifs is 3. The van der Waals surface area contributed by atoms with E-state index < -0.39 is 0 Å². The van der Waals surface area contributed by atoms with Crippen molar-refractivity contribution in [1.29, 1.82) is 0 Å². The number of ether oxygens (including phenoxy) is 1. The third kappa shape index (κ3) is 2.38. The Morgan fingerprint density at radius 2 is 1.83 bits per heavy atom. The van der Waals surface area contributed by atoms with E-state index in [1.165, 1.54) is 19.1 Å². The molecule has 3 nitrogen and oxygen atoms in total. The summed E-state index contributed by atoms with van der Waals surface area (Å²) in [4.78, 5) is 24.6. The Kier molecular flexibility index (Phi) is 4.21. The SMILES string of the molecule is COC(=O)[C@]1(C)CCC[C@@]2(C)[C@H]1CCC1=C[C@](C)(C(C)=O)CC[C@@H]12. The van der Waals surface area contributed by atoms with Crippen LogP contribution in [0.2, 0.25) is 0 Å². The van der Waals surface area contributed by atoms with E-state index in [4.69, 9.17) is 4.74 Å². The van der Waals surface area contributed by atoms with E-state index in [2.05, 4.69) is 26.8 Å². The average Bonchev–Trinajstić information content (AvgIpc) is 2.53. The Labute approximate surface area is 146 Å². The van der Waals surface area contributed by atoms with E-state index in [1.807, 2.05) is 0 Å². The number of carbonyl (C=O) groups excluding carboxylic acids is 2. The summed E-state index contributed by atoms with van der Waals surface area (Å²) in [5, 5.41) is 0. The van der Waals surface area contributed by atoms with Crippen LogP contribution < -0.4 is 0 Å². The van der Waals surface area contributed by atoms with E-state index >= 15 is 0 Å². The van der Waals surface area contributed by atoms with Gasteiger partial charge in [0.15, 0.2) is 0 Å². The van der Waals surface area contributed by atoms with E-state index in [-0.39, 0.29) is 28.0 Å². The van der Waals surface area contributed by atoms with Gasteiger partial charge in [0.25, 0.3) is 0 Å². The van der Waals surface area contributed by atoms with Crippen molar-refractivity contribution in [2.24, 2.45) is 28.1 Å². The fraction of sp³-hybridized carbons (Fsp3) is 0.810. The largest absolute Gasteiger partial charge is 0.469 e. The minimum absolute atomic E-state index is 0.0322. The highest BCUT2D eigenvalue weighted by Gasteiger charge is 2.58. The molecule has 0 saturated heterocycles. The van der Waals surface area contributed by atoms with Crippen molar-refractivity contribution in [2.75, 3.05) is 7.11 Å². The fourth-order valence-corrected chi connectivity index (χ4v) is 6.26. The van der Waals surface area contributed by atoms with E-state index in [0.717, 1.165) is 38.5 Å². The average molecular weight is 332 g/mol. The molecule has 0 aromatic carbocycles. The van der Waals surface area contributed by atoms with Gasteiger partial charge in [-0.3, -0.25) is 9.59 Å². The molecule has 3 aliphatic rings. The van der Waals surface area contributed by atoms with Gasteiger partial charge >= 0.3 is 5.97 Å². The lowest BCUT2D eigenvalue weighted by molar-refractivity contribution is -0.168. The topological polar surface area (TPSA) is 43.4 Å². The van der Waals surface area contributed by atoms with Gasteiger partial charge in [-0.05, 0) is 76.5 Å². The molecule has 3 aliphatic carbocycles. The summed E-state index contributed by atoms with van der Waals surface area (Å²) >= 11 is 0. The van der Waals surface area contributed by atoms with Crippen LogP contribution in [-0.2, 0) is 14.3 Å². The Hall–Kier alpha value is -1.12. The third-order valence-electron chi connectivity index (χ3n) is 7.85. The minimum Gasteiger partial charge on any atom is -0.469 e. The van der Waals surface area contributed by atoms with Crippen LogP contribution in [0.5, 0.6) is 0 Å². The molecule has 0 amide bonds. The van der Waals surface area contributed by atoms with Gasteiger partial charge < -0.3 is 4.74 Å². The van der Waals surface area contributed by atoms with Crippen molar-refractivity contribution < 1.29 is 14.3 Å². The molecule has 3 heteroatoms. The molecule has 5 atom stereocenters. The number of esters is 1. The molecule has 0 spiro atoms. The highest BCUT2D eigenvalue weighted by molar-refractivity contribution is 5.84. The summed E-state index contributed by atoms with van der Waals surface area (Å²) in [5.41, 5.74) is 1.000. The molecule has 3 rings (SSSR count). The first-order valence-electron chi connectivity index (χ1n) is 9.48. The number of hydrogen-bond donors (Lipinski definition) is 0. The van der Waals surface area contributed by atoms with Crippen LogP contribution in [0, 0.1) is 28.1 Å². The maximum Gasteiger partial charge on any atom is 0.311 e. The molecular weight excluding hydrogens is 300 g/mol. The molecule has 24 heavy (non-hydrogen) atoms. The molecule has 0 bridgehead atoms. The zero-order valence-electron chi connectivity index (χ0n) is 15.9. The van der Waals surface area contributed by atoms with Gasteiger partial charge in [-0.15, -0.1) is 0 Å². The summed E-state index contributed by atoms with van der Waals surface area (Å²) < 4.78 is 5.19. The number of ketones is 1. The van der Waals surface area contributed by atoms with Gasteiger partial charge in [-0.2, -0.15) is 0 Å². The molecule has 2 fully saturated rings. The van der Waals surface area contributed by atoms with Crippen molar-refractivity contribution in [2.45, 2.75) is 72.6 Å². The van der Waals surface area contributed by atoms with Gasteiger partial charge in [0, 0.05) is 5.41 Å². The number of hydrogen-bond acceptors (Lipinski definition) is 3. The van der Waals surface area contributed by atoms with Crippen molar-refractivity contribution >= 4 is 11.8 Å². The monoisotopic (exact) mass is 332 g/mol. The molecule has 0 radical (unpaired) electrons. The second-order valence-electron chi connectivity index (χ2n) is 9.14. The number of Topliss-reactive ketones (excluding diaryl/α,β-unsaturated/α-hetero) is 1. The Balaban J connectivity index is 1.98. The predicted octanol–water partition coefficient (Wildman–Crippen LogP) is 4.70. The summed E-state index contributed by atoms with van der Waals surface area (Å²) in [6, 6.07) is 0. The first kappa shape index (κ1) is 17.7. The number of rotatable bonds is 2. The van der Waals surface area contributed by atoms with Crippen molar-refractivity contribution in [3.05, 3.63) is 11.6 Å². The molecule has 0 unspecified atom stereocenters. The zero-order chi connectivity index (χ0) is 17.8. The first-order chi connectivity index (χ1) is 11.2. The Bertz CT molecular complexity index is 592. The lowest BCUT2D eigenvalue weighted by Gasteiger charge is -2.59. The van der Waals surface area contributed by atoms with Crippen molar-refractivity contribution in [1.82, 2.24) is 0 Å². The summed E-state index contributed by atoms with van der Waals surface area (Å²) in [5.74, 6) is 1.15. The van der Waals surface area contributed by atoms with Crippen LogP contribution in [0.1, 0.15) is 72.6 Å². The summed E-state index contributed by atoms with van der Waals surface area (Å²) in [7, 11) is 1.52. The van der Waals surface area contributed by atoms with Crippen LogP contribution in [0.25, 0.3) is 0 Å². The lowest BCUT2D eigenvalue weighted by Crippen LogP contribution is -2.54. The minimum atomic E-state index is -0.353. The molecule has 0 aliphatic heterocycles. The van der Waals surface area contributed by atoms with E-state index in [0.29, 0.717) is 11.8 Å². The number of carbonyl (C=O) groups is 2. The van der Waals surface area contributed by atoms with E-state index in [9.17, 15) is 9.59 Å². The second kappa shape index (κ2) is 5.71. The highest BCUT2D eigenvalue weighted by Crippen LogP contribution is 2.64. The van der Waals surface area contributed by atoms with Crippen LogP contribution in [-0.4, -0.2) is 18.9 Å². The van der Waals surface area contributed by atoms with E-state index in [1.54, 1.807) is 6.92 Å². The lowest BCUT2D eigenvalue weighted by atomic mass is 9.45. The normalized spacial score (nSPS) is 44.8. The van der Waals surface area contributed by atoms with Gasteiger partial charge in [-0.25, -0.2) is 0 Å². The van der Waals surface area contributed by atoms with Crippen LogP contribution >= 0.6 is 0 Å². The van der Waals surface area contributed by atoms with Crippen molar-refractivity contribution in [3.8, 4) is 0 Å². The molecule has 2 saturated carbocycles. The Morgan fingerprint density at radius 1 is 1.12 bits per heavy atom. The van der Waals surface area contributed by atoms with Crippen LogP contribution in [0.4, 0.5) is 0 Å². The van der Waals surface area contributed by atoms with Gasteiger partial charge in [0.2, 0.25) is 0 Å². The standard InChI is InChI=1S/C21H32O3/c1-14(22)19(2)12-9-16-15(13-19)7-8-17-20(16,3)10-6-11-21(17,4)18(23)24-5/h13,16-17H,6-12H2,1-5H3/t16-,17+,19+,20+,21+/m0/s1. The first-order valence-corrected chi connectivity index (χ1v) is 9.48. The maximum atomic E-state index is 12.6.